The first-order valence-corrected chi connectivity index (χ1v) is 51.7. The molecule has 0 unspecified atom stereocenters. The summed E-state index contributed by atoms with van der Waals surface area (Å²) < 4.78 is 37.1. The first-order chi connectivity index (χ1) is 69.6. The fourth-order valence-corrected chi connectivity index (χ4v) is 12.2. The molecule has 0 radical (unpaired) electrons. The first-order valence-electron chi connectivity index (χ1n) is 49.1. The van der Waals surface area contributed by atoms with E-state index in [4.69, 9.17) is 69.8 Å². The second-order valence-electron chi connectivity index (χ2n) is 40.6. The molecule has 14 aromatic rings. The number of benzene rings is 1. The summed E-state index contributed by atoms with van der Waals surface area (Å²) in [4.78, 5) is 109. The molecular formula is C112H149BrCl5F3N28. The van der Waals surface area contributed by atoms with E-state index in [1.165, 1.54) is 30.4 Å². The van der Waals surface area contributed by atoms with Crippen LogP contribution < -0.4 is 0 Å². The zero-order chi connectivity index (χ0) is 113. The lowest BCUT2D eigenvalue weighted by atomic mass is 9.92. The maximum Gasteiger partial charge on any atom is 0.434 e. The molecule has 1 aromatic carbocycles. The van der Waals surface area contributed by atoms with E-state index in [-0.39, 0.29) is 33.5 Å². The van der Waals surface area contributed by atoms with Gasteiger partial charge in [0, 0.05) is 120 Å². The smallest absolute Gasteiger partial charge is 0.359 e. The average Bonchev–Trinajstić information content (AvgIpc) is 0.820. The van der Waals surface area contributed by atoms with Crippen LogP contribution in [-0.4, -0.2) is 130 Å². The van der Waals surface area contributed by atoms with Crippen LogP contribution in [0.2, 0.25) is 25.8 Å². The second-order valence-corrected chi connectivity index (χ2v) is 43.3. The van der Waals surface area contributed by atoms with Crippen molar-refractivity contribution in [3.8, 4) is 17.3 Å². The lowest BCUT2D eigenvalue weighted by Gasteiger charge is -2.17. The van der Waals surface area contributed by atoms with Crippen LogP contribution in [0, 0.1) is 24.8 Å². The van der Waals surface area contributed by atoms with Gasteiger partial charge in [-0.2, -0.15) is 18.4 Å². The standard InChI is InChI=1S/C15H18N2.C11H18N2.C10H16N2.C9H11F3N2.C9H14N2.2C8H9N3.C7H9BrN2.C7H8Cl2N2.3C7H9ClN2.C7H10N2/c1-11-7-5-6-8-12(11)13-9-17-14(10-16-13)15(2,3)4;1-8(2)9-6-13-10(7-12-9)11(3,4)5;1-5-8-6-12-9(7-11-8)10(2,3)4;1-8(2,3)6-4-14-7(5-13-6)9(10,11)12;1-4-8-5-11-9(6-10-8)7(2)3;1-6(2)8-5-10-7(3-9)4-11-8;1-6(2)7-8(9-3)11-5-4-10-7;1-5(2)6-3-10-7(8)4-9-6;1-4(2)6-7(9)11-5(8)3-10-6;1-5(2)6-3-10-7(8)4-9-6;1-5(2)6-3-9-4-7(8)10-6;1-5(2)6-7(8)10-4-3-9-6;1-6(2)7-5-8-3-4-9-7/h5-10H,1-4H3;6-8H,1-5H3;6-7H,5H2,1-4H3;4-5H,1-3H3;5-7H,4H2,1-3H3;2*4-6H,1-2H3;3-5H,1-2H3;3-4H,1-2H3;3*3-5H,1-2H3;3-6H,1-2H3. The number of aromatic nitrogens is 26. The van der Waals surface area contributed by atoms with Gasteiger partial charge in [-0.05, 0) is 100 Å². The van der Waals surface area contributed by atoms with E-state index < -0.39 is 11.9 Å². The summed E-state index contributed by atoms with van der Waals surface area (Å²) in [6.45, 7) is 79.2. The van der Waals surface area contributed by atoms with Gasteiger partial charge in [-0.1, -0.05) is 324 Å². The molecule has 800 valence electrons. The molecule has 13 aromatic heterocycles. The molecule has 0 N–H and O–H groups in total. The van der Waals surface area contributed by atoms with Crippen molar-refractivity contribution in [2.45, 2.75) is 342 Å². The number of rotatable bonds is 13. The predicted molar refractivity (Wildman–Crippen MR) is 600 cm³/mol. The van der Waals surface area contributed by atoms with E-state index in [1.54, 1.807) is 80.6 Å². The molecule has 13 heterocycles. The van der Waals surface area contributed by atoms with Crippen molar-refractivity contribution < 1.29 is 13.2 Å². The summed E-state index contributed by atoms with van der Waals surface area (Å²) in [7, 11) is 0. The Morgan fingerprint density at radius 2 is 0.685 bits per heavy atom. The molecule has 0 saturated carbocycles. The Bertz CT molecular complexity index is 6100. The van der Waals surface area contributed by atoms with Crippen molar-refractivity contribution in [1.82, 2.24) is 130 Å². The van der Waals surface area contributed by atoms with Gasteiger partial charge in [0.05, 0.1) is 159 Å². The van der Waals surface area contributed by atoms with Gasteiger partial charge in [-0.25, -0.2) is 34.9 Å². The molecule has 37 heteroatoms. The first kappa shape index (κ1) is 133. The second kappa shape index (κ2) is 67.2. The lowest BCUT2D eigenvalue weighted by molar-refractivity contribution is -0.141. The molecule has 0 bridgehead atoms. The van der Waals surface area contributed by atoms with Crippen LogP contribution in [0.25, 0.3) is 16.1 Å². The Hall–Kier alpha value is -12.0. The normalized spacial score (nSPS) is 10.9. The van der Waals surface area contributed by atoms with Crippen LogP contribution in [0.1, 0.15) is 403 Å². The van der Waals surface area contributed by atoms with Gasteiger partial charge in [-0.3, -0.25) is 89.7 Å². The zero-order valence-electron chi connectivity index (χ0n) is 92.9. The number of nitriles is 1. The van der Waals surface area contributed by atoms with E-state index >= 15 is 0 Å². The summed E-state index contributed by atoms with van der Waals surface area (Å²) in [6, 6.07) is 10.2. The number of hydrogen-bond donors (Lipinski definition) is 0. The highest BCUT2D eigenvalue weighted by atomic mass is 79.9. The van der Waals surface area contributed by atoms with Crippen molar-refractivity contribution >= 4 is 79.8 Å². The summed E-state index contributed by atoms with van der Waals surface area (Å²) >= 11 is 31.5. The Balaban J connectivity index is 0.000000547. The SMILES string of the molecule is CC(C)(C)c1cnc(C(F)(F)F)cn1.CC(C)c1cnc(Br)cn1.CC(C)c1cnc(C#N)cn1.CC(C)c1cnc(C(C)(C)C)cn1.CC(C)c1cnc(Cl)cn1.CC(C)c1cncc(Cl)n1.CC(C)c1cnccn1.CC(C)c1ncc(Cl)nc1Cl.CC(C)c1nccnc1Cl.CCc1cnc(C(C)(C)C)cn1.CCc1cnc(C(C)C)cn1.Cc1ccccc1-c1cnc(C(C)(C)C)cn1.[C-]#[N+]c1nccnc1C(C)C. The van der Waals surface area contributed by atoms with E-state index in [0.717, 1.165) is 120 Å². The topological polar surface area (TPSA) is 363 Å². The predicted octanol–water partition coefficient (Wildman–Crippen LogP) is 31.2. The average molecular weight is 2200 g/mol. The van der Waals surface area contributed by atoms with Gasteiger partial charge in [0.1, 0.15) is 32.3 Å². The Labute approximate surface area is 916 Å². The fourth-order valence-electron chi connectivity index (χ4n) is 10.8. The van der Waals surface area contributed by atoms with Gasteiger partial charge < -0.3 is 4.85 Å². The van der Waals surface area contributed by atoms with Gasteiger partial charge in [-0.15, -0.1) is 4.98 Å². The maximum absolute atomic E-state index is 12.1. The van der Waals surface area contributed by atoms with E-state index in [1.807, 2.05) is 144 Å². The van der Waals surface area contributed by atoms with Crippen LogP contribution in [-0.2, 0) is 40.7 Å². The maximum atomic E-state index is 12.1. The fraction of sp³-hybridized carbons (Fsp3) is 0.464. The minimum absolute atomic E-state index is 0.0528. The lowest BCUT2D eigenvalue weighted by Crippen LogP contribution is -2.16. The molecule has 0 spiro atoms. The third-order valence-corrected chi connectivity index (χ3v) is 21.7. The largest absolute Gasteiger partial charge is 0.434 e. The number of nitrogens with zero attached hydrogens (tertiary/aromatic N) is 28. The number of halogens is 9. The van der Waals surface area contributed by atoms with Crippen molar-refractivity contribution in [2.24, 2.45) is 0 Å². The number of alkyl halides is 3. The van der Waals surface area contributed by atoms with Crippen LogP contribution in [0.3, 0.4) is 0 Å². The Morgan fingerprint density at radius 3 is 1.01 bits per heavy atom. The van der Waals surface area contributed by atoms with Gasteiger partial charge >= 0.3 is 6.18 Å². The van der Waals surface area contributed by atoms with Crippen molar-refractivity contribution in [3.63, 3.8) is 0 Å². The van der Waals surface area contributed by atoms with Crippen molar-refractivity contribution in [1.29, 1.82) is 5.26 Å². The Morgan fingerprint density at radius 1 is 0.322 bits per heavy atom. The van der Waals surface area contributed by atoms with Gasteiger partial charge in [0.15, 0.2) is 21.7 Å². The highest BCUT2D eigenvalue weighted by molar-refractivity contribution is 9.10. The van der Waals surface area contributed by atoms with Crippen LogP contribution in [0.15, 0.2) is 190 Å². The monoisotopic (exact) mass is 2200 g/mol. The van der Waals surface area contributed by atoms with Crippen LogP contribution in [0.5, 0.6) is 0 Å². The minimum atomic E-state index is -4.41. The third kappa shape index (κ3) is 53.3. The van der Waals surface area contributed by atoms with Crippen LogP contribution in [0.4, 0.5) is 19.0 Å². The van der Waals surface area contributed by atoms with Gasteiger partial charge in [0.25, 0.3) is 5.82 Å². The molecular weight excluding hydrogens is 2050 g/mol. The third-order valence-electron chi connectivity index (χ3n) is 20.2. The number of aryl methyl sites for hydroxylation is 3. The molecule has 0 saturated heterocycles. The molecule has 0 aliphatic heterocycles. The molecule has 28 nitrogen and oxygen atoms in total. The van der Waals surface area contributed by atoms with Gasteiger partial charge in [0.2, 0.25) is 0 Å². The quantitative estimate of drug-likeness (QED) is 0.0967. The molecule has 0 aliphatic carbocycles. The molecule has 0 atom stereocenters. The minimum Gasteiger partial charge on any atom is -0.359 e. The Kier molecular flexibility index (Phi) is 60.0. The molecule has 0 aliphatic rings. The molecule has 0 fully saturated rings. The zero-order valence-corrected chi connectivity index (χ0v) is 98.3. The van der Waals surface area contributed by atoms with E-state index in [9.17, 15) is 13.2 Å². The van der Waals surface area contributed by atoms with Crippen molar-refractivity contribution in [2.75, 3.05) is 0 Å². The molecule has 0 amide bonds. The van der Waals surface area contributed by atoms with E-state index in [0.29, 0.717) is 90.3 Å². The summed E-state index contributed by atoms with van der Waals surface area (Å²) in [5, 5.41) is 10.6. The highest BCUT2D eigenvalue weighted by Crippen LogP contribution is 2.31. The summed E-state index contributed by atoms with van der Waals surface area (Å²) in [6.07, 6.45) is 40.7. The molecule has 149 heavy (non-hydrogen) atoms. The number of hydrogen-bond acceptors (Lipinski definition) is 27. The van der Waals surface area contributed by atoms with Crippen molar-refractivity contribution in [3.05, 3.63) is 335 Å². The summed E-state index contributed by atoms with van der Waals surface area (Å²) in [5.74, 6) is 4.39. The summed E-state index contributed by atoms with van der Waals surface area (Å²) in [5.41, 5.74) is 18.0. The molecule has 14 rings (SSSR count). The van der Waals surface area contributed by atoms with Crippen LogP contribution >= 0.6 is 73.9 Å². The highest BCUT2D eigenvalue weighted by Gasteiger charge is 2.33. The van der Waals surface area contributed by atoms with E-state index in [2.05, 4.69) is 329 Å².